The number of fused-ring (bicyclic) bond motifs is 1. The number of para-hydroxylation sites is 1. The van der Waals surface area contributed by atoms with Crippen LogP contribution in [0.4, 0.5) is 14.5 Å². The second-order valence-electron chi connectivity index (χ2n) is 6.11. The van der Waals surface area contributed by atoms with Crippen LogP contribution >= 0.6 is 22.9 Å². The first kappa shape index (κ1) is 21.0. The molecule has 3 aromatic rings. The smallest absolute Gasteiger partial charge is 0.247 e. The molecule has 0 atom stereocenters. The van der Waals surface area contributed by atoms with Gasteiger partial charge in [0.1, 0.15) is 23.9 Å². The molecule has 0 spiro atoms. The van der Waals surface area contributed by atoms with E-state index in [4.69, 9.17) is 11.6 Å². The second-order valence-corrected chi connectivity index (χ2v) is 7.57. The summed E-state index contributed by atoms with van der Waals surface area (Å²) in [6, 6.07) is 10.9. The highest BCUT2D eigenvalue weighted by Crippen LogP contribution is 2.35. The van der Waals surface area contributed by atoms with Gasteiger partial charge in [-0.15, -0.1) is 11.3 Å². The third-order valence-electron chi connectivity index (χ3n) is 4.19. The molecule has 2 aromatic carbocycles. The number of thiophene rings is 1. The predicted octanol–water partition coefficient (Wildman–Crippen LogP) is 5.33. The van der Waals surface area contributed by atoms with Gasteiger partial charge in [-0.2, -0.15) is 0 Å². The van der Waals surface area contributed by atoms with Crippen LogP contribution in [-0.2, 0) is 9.59 Å². The lowest BCUT2D eigenvalue weighted by Gasteiger charge is -2.18. The van der Waals surface area contributed by atoms with Crippen LogP contribution in [0, 0.1) is 11.6 Å². The Morgan fingerprint density at radius 2 is 1.83 bits per heavy atom. The number of hydrogen-bond donors (Lipinski definition) is 1. The molecule has 0 unspecified atom stereocenters. The van der Waals surface area contributed by atoms with Crippen LogP contribution in [0.5, 0.6) is 0 Å². The summed E-state index contributed by atoms with van der Waals surface area (Å²) in [5.41, 5.74) is -0.534. The Morgan fingerprint density at radius 1 is 1.14 bits per heavy atom. The highest BCUT2D eigenvalue weighted by atomic mass is 35.5. The van der Waals surface area contributed by atoms with Crippen molar-refractivity contribution in [1.82, 2.24) is 4.90 Å². The zero-order valence-electron chi connectivity index (χ0n) is 15.4. The number of anilines is 1. The zero-order valence-corrected chi connectivity index (χ0v) is 17.0. The highest BCUT2D eigenvalue weighted by molar-refractivity contribution is 7.20. The molecule has 3 rings (SSSR count). The van der Waals surface area contributed by atoms with E-state index in [2.05, 4.69) is 5.32 Å². The number of benzene rings is 2. The summed E-state index contributed by atoms with van der Waals surface area (Å²) >= 11 is 7.81. The Balaban J connectivity index is 1.69. The molecule has 29 heavy (non-hydrogen) atoms. The quantitative estimate of drug-likeness (QED) is 0.533. The number of carbonyl (C=O) groups is 2. The van der Waals surface area contributed by atoms with Gasteiger partial charge in [-0.25, -0.2) is 8.78 Å². The Hall–Kier alpha value is -2.77. The summed E-state index contributed by atoms with van der Waals surface area (Å²) < 4.78 is 28.3. The van der Waals surface area contributed by atoms with Crippen LogP contribution in [-0.4, -0.2) is 29.8 Å². The van der Waals surface area contributed by atoms with E-state index in [1.165, 1.54) is 28.4 Å². The van der Waals surface area contributed by atoms with Gasteiger partial charge < -0.3 is 10.2 Å². The first-order valence-electron chi connectivity index (χ1n) is 8.78. The Morgan fingerprint density at radius 3 is 2.48 bits per heavy atom. The van der Waals surface area contributed by atoms with Crippen LogP contribution in [0.15, 0.2) is 48.5 Å². The van der Waals surface area contributed by atoms with Crippen molar-refractivity contribution in [3.05, 3.63) is 70.1 Å². The predicted molar refractivity (Wildman–Crippen MR) is 113 cm³/mol. The lowest BCUT2D eigenvalue weighted by atomic mass is 10.2. The number of likely N-dealkylation sites (N-methyl/N-ethyl adjacent to an activating group) is 1. The zero-order chi connectivity index (χ0) is 21.0. The van der Waals surface area contributed by atoms with Crippen molar-refractivity contribution in [3.63, 3.8) is 0 Å². The lowest BCUT2D eigenvalue weighted by molar-refractivity contribution is -0.130. The standard InChI is InChI=1S/C21H17ClF2N2O2S/c1-2-26(12-18(27)25-21-14(23)7-5-8-15(21)24)19(28)11-10-17-20(22)13-6-3-4-9-16(13)29-17/h3-11H,2,12H2,1H3,(H,25,27)/b11-10+. The SMILES string of the molecule is CCN(CC(=O)Nc1c(F)cccc1F)C(=O)/C=C/c1sc2ccccc2c1Cl. The van der Waals surface area contributed by atoms with Crippen molar-refractivity contribution in [2.75, 3.05) is 18.4 Å². The Kier molecular flexibility index (Phi) is 6.61. The first-order valence-corrected chi connectivity index (χ1v) is 9.98. The van der Waals surface area contributed by atoms with Gasteiger partial charge in [0.15, 0.2) is 0 Å². The van der Waals surface area contributed by atoms with Crippen LogP contribution < -0.4 is 5.32 Å². The second kappa shape index (κ2) is 9.15. The fourth-order valence-electron chi connectivity index (χ4n) is 2.71. The molecule has 1 N–H and O–H groups in total. The van der Waals surface area contributed by atoms with Crippen LogP contribution in [0.1, 0.15) is 11.8 Å². The Labute approximate surface area is 175 Å². The van der Waals surface area contributed by atoms with E-state index < -0.39 is 29.1 Å². The molecular weight excluding hydrogens is 418 g/mol. The molecule has 0 saturated heterocycles. The molecule has 0 saturated carbocycles. The molecule has 1 heterocycles. The van der Waals surface area contributed by atoms with Crippen molar-refractivity contribution in [3.8, 4) is 0 Å². The molecule has 8 heteroatoms. The maximum atomic E-state index is 13.7. The number of nitrogens with one attached hydrogen (secondary N) is 1. The van der Waals surface area contributed by atoms with Crippen molar-refractivity contribution in [2.45, 2.75) is 6.92 Å². The molecule has 4 nitrogen and oxygen atoms in total. The van der Waals surface area contributed by atoms with Crippen molar-refractivity contribution >= 4 is 56.6 Å². The number of halogens is 3. The van der Waals surface area contributed by atoms with E-state index in [1.807, 2.05) is 24.3 Å². The van der Waals surface area contributed by atoms with E-state index in [0.29, 0.717) is 5.02 Å². The van der Waals surface area contributed by atoms with Crippen LogP contribution in [0.25, 0.3) is 16.2 Å². The fraction of sp³-hybridized carbons (Fsp3) is 0.143. The fourth-order valence-corrected chi connectivity index (χ4v) is 4.11. The van der Waals surface area contributed by atoms with E-state index in [0.717, 1.165) is 27.1 Å². The molecule has 150 valence electrons. The normalized spacial score (nSPS) is 11.2. The molecule has 0 fully saturated rings. The van der Waals surface area contributed by atoms with Gasteiger partial charge in [0.05, 0.1) is 5.02 Å². The first-order chi connectivity index (χ1) is 13.9. The van der Waals surface area contributed by atoms with Gasteiger partial charge in [-0.3, -0.25) is 9.59 Å². The average Bonchev–Trinajstić information content (AvgIpc) is 3.03. The largest absolute Gasteiger partial charge is 0.330 e. The minimum Gasteiger partial charge on any atom is -0.330 e. The molecule has 1 aromatic heterocycles. The molecule has 0 radical (unpaired) electrons. The van der Waals surface area contributed by atoms with Gasteiger partial charge >= 0.3 is 0 Å². The summed E-state index contributed by atoms with van der Waals surface area (Å²) in [5.74, 6) is -2.87. The van der Waals surface area contributed by atoms with Crippen LogP contribution in [0.2, 0.25) is 5.02 Å². The van der Waals surface area contributed by atoms with Gasteiger partial charge in [-0.1, -0.05) is 35.9 Å². The van der Waals surface area contributed by atoms with E-state index in [9.17, 15) is 18.4 Å². The third kappa shape index (κ3) is 4.81. The van der Waals surface area contributed by atoms with E-state index >= 15 is 0 Å². The number of carbonyl (C=O) groups excluding carboxylic acids is 2. The van der Waals surface area contributed by atoms with Crippen molar-refractivity contribution in [1.29, 1.82) is 0 Å². The molecule has 0 aliphatic heterocycles. The number of amides is 2. The topological polar surface area (TPSA) is 49.4 Å². The number of hydrogen-bond acceptors (Lipinski definition) is 3. The summed E-state index contributed by atoms with van der Waals surface area (Å²) in [7, 11) is 0. The van der Waals surface area contributed by atoms with E-state index in [-0.39, 0.29) is 13.1 Å². The van der Waals surface area contributed by atoms with Gasteiger partial charge in [-0.05, 0) is 31.2 Å². The summed E-state index contributed by atoms with van der Waals surface area (Å²) in [4.78, 5) is 26.6. The summed E-state index contributed by atoms with van der Waals surface area (Å²) in [6.07, 6.45) is 2.93. The summed E-state index contributed by atoms with van der Waals surface area (Å²) in [6.45, 7) is 1.61. The molecule has 0 aliphatic rings. The summed E-state index contributed by atoms with van der Waals surface area (Å²) in [5, 5.41) is 3.64. The lowest BCUT2D eigenvalue weighted by Crippen LogP contribution is -2.37. The van der Waals surface area contributed by atoms with Gasteiger partial charge in [0.25, 0.3) is 0 Å². The number of nitrogens with zero attached hydrogens (tertiary/aromatic N) is 1. The minimum atomic E-state index is -0.882. The molecule has 2 amide bonds. The van der Waals surface area contributed by atoms with Crippen LogP contribution in [0.3, 0.4) is 0 Å². The van der Waals surface area contributed by atoms with E-state index in [1.54, 1.807) is 13.0 Å². The van der Waals surface area contributed by atoms with Crippen molar-refractivity contribution in [2.24, 2.45) is 0 Å². The van der Waals surface area contributed by atoms with Gasteiger partial charge in [0.2, 0.25) is 11.8 Å². The van der Waals surface area contributed by atoms with Crippen molar-refractivity contribution < 1.29 is 18.4 Å². The van der Waals surface area contributed by atoms with Gasteiger partial charge in [0, 0.05) is 27.6 Å². The molecule has 0 aliphatic carbocycles. The maximum absolute atomic E-state index is 13.7. The Bertz CT molecular complexity index is 1080. The number of rotatable bonds is 6. The molecular formula is C21H17ClF2N2O2S. The molecule has 0 bridgehead atoms. The average molecular weight is 435 g/mol. The maximum Gasteiger partial charge on any atom is 0.247 e. The minimum absolute atomic E-state index is 0.247. The monoisotopic (exact) mass is 434 g/mol. The third-order valence-corrected chi connectivity index (χ3v) is 5.85. The highest BCUT2D eigenvalue weighted by Gasteiger charge is 2.17.